The van der Waals surface area contributed by atoms with E-state index in [1.807, 2.05) is 0 Å². The van der Waals surface area contributed by atoms with E-state index in [0.717, 1.165) is 0 Å². The van der Waals surface area contributed by atoms with Crippen molar-refractivity contribution in [3.8, 4) is 0 Å². The summed E-state index contributed by atoms with van der Waals surface area (Å²) >= 11 is 0. The number of carbonyl (C=O) groups is 1. The van der Waals surface area contributed by atoms with Gasteiger partial charge in [0.15, 0.2) is 0 Å². The van der Waals surface area contributed by atoms with Gasteiger partial charge in [0.25, 0.3) is 0 Å². The van der Waals surface area contributed by atoms with Crippen LogP contribution < -0.4 is 5.32 Å². The second-order valence-corrected chi connectivity index (χ2v) is 3.49. The highest BCUT2D eigenvalue weighted by Crippen LogP contribution is 2.13. The van der Waals surface area contributed by atoms with Crippen LogP contribution in [0.1, 0.15) is 16.1 Å². The Morgan fingerprint density at radius 1 is 1.41 bits per heavy atom. The third kappa shape index (κ3) is 2.84. The zero-order chi connectivity index (χ0) is 12.3. The summed E-state index contributed by atoms with van der Waals surface area (Å²) in [5, 5.41) is 11.6. The van der Waals surface area contributed by atoms with Crippen molar-refractivity contribution in [3.05, 3.63) is 53.7 Å². The lowest BCUT2D eigenvalue weighted by Crippen LogP contribution is -1.98. The zero-order valence-corrected chi connectivity index (χ0v) is 8.81. The average molecular weight is 235 g/mol. The minimum atomic E-state index is -1.11. The molecule has 0 radical (unpaired) electrons. The molecule has 4 nitrogen and oxygen atoms in total. The maximum Gasteiger partial charge on any atom is 0.371 e. The smallest absolute Gasteiger partial charge is 0.371 e. The van der Waals surface area contributed by atoms with Crippen molar-refractivity contribution in [2.75, 3.05) is 5.32 Å². The molecular formula is C12H10FNO3. The fourth-order valence-corrected chi connectivity index (χ4v) is 1.38. The van der Waals surface area contributed by atoms with Crippen molar-refractivity contribution >= 4 is 11.7 Å². The van der Waals surface area contributed by atoms with Crippen molar-refractivity contribution in [3.63, 3.8) is 0 Å². The summed E-state index contributed by atoms with van der Waals surface area (Å²) in [6, 6.07) is 7.45. The number of furan rings is 1. The molecule has 0 saturated carbocycles. The van der Waals surface area contributed by atoms with Crippen LogP contribution in [-0.2, 0) is 6.54 Å². The third-order valence-electron chi connectivity index (χ3n) is 2.19. The maximum absolute atomic E-state index is 12.9. The average Bonchev–Trinajstić information content (AvgIpc) is 2.75. The van der Waals surface area contributed by atoms with Crippen LogP contribution in [0, 0.1) is 5.82 Å². The van der Waals surface area contributed by atoms with Gasteiger partial charge in [0.2, 0.25) is 5.76 Å². The van der Waals surface area contributed by atoms with Gasteiger partial charge >= 0.3 is 5.97 Å². The van der Waals surface area contributed by atoms with Gasteiger partial charge in [0, 0.05) is 17.8 Å². The molecule has 0 fully saturated rings. The largest absolute Gasteiger partial charge is 0.475 e. The number of benzene rings is 1. The van der Waals surface area contributed by atoms with E-state index in [4.69, 9.17) is 9.52 Å². The molecule has 0 atom stereocenters. The van der Waals surface area contributed by atoms with Gasteiger partial charge in [-0.25, -0.2) is 9.18 Å². The minimum absolute atomic E-state index is 0.110. The summed E-state index contributed by atoms with van der Waals surface area (Å²) in [6.45, 7) is 0.375. The van der Waals surface area contributed by atoms with E-state index in [1.165, 1.54) is 24.5 Å². The Hall–Kier alpha value is -2.30. The van der Waals surface area contributed by atoms with E-state index in [-0.39, 0.29) is 11.6 Å². The number of anilines is 1. The van der Waals surface area contributed by atoms with E-state index < -0.39 is 5.97 Å². The molecule has 2 aromatic rings. The molecule has 5 heteroatoms. The third-order valence-corrected chi connectivity index (χ3v) is 2.19. The molecule has 2 rings (SSSR count). The Morgan fingerprint density at radius 3 is 2.88 bits per heavy atom. The van der Waals surface area contributed by atoms with E-state index in [2.05, 4.69) is 5.32 Å². The molecule has 0 aliphatic heterocycles. The Morgan fingerprint density at radius 2 is 2.24 bits per heavy atom. The first-order valence-corrected chi connectivity index (χ1v) is 4.95. The topological polar surface area (TPSA) is 62.5 Å². The predicted molar refractivity (Wildman–Crippen MR) is 59.4 cm³/mol. The molecule has 0 aliphatic rings. The lowest BCUT2D eigenvalue weighted by Gasteiger charge is -2.03. The Bertz CT molecular complexity index is 536. The first kappa shape index (κ1) is 11.2. The van der Waals surface area contributed by atoms with Crippen molar-refractivity contribution in [2.45, 2.75) is 6.54 Å². The Balaban J connectivity index is 2.00. The van der Waals surface area contributed by atoms with Crippen molar-refractivity contribution < 1.29 is 18.7 Å². The maximum atomic E-state index is 12.9. The van der Waals surface area contributed by atoms with Crippen molar-refractivity contribution in [2.24, 2.45) is 0 Å². The highest BCUT2D eigenvalue weighted by atomic mass is 19.1. The normalized spacial score (nSPS) is 10.2. The number of carboxylic acid groups (broad SMARTS) is 1. The molecule has 1 aromatic carbocycles. The number of nitrogens with one attached hydrogen (secondary N) is 1. The van der Waals surface area contributed by atoms with Gasteiger partial charge in [-0.05, 0) is 24.3 Å². The van der Waals surface area contributed by atoms with E-state index in [0.29, 0.717) is 17.8 Å². The number of carboxylic acids is 1. The molecule has 2 N–H and O–H groups in total. The lowest BCUT2D eigenvalue weighted by molar-refractivity contribution is 0.0662. The number of halogens is 1. The second kappa shape index (κ2) is 4.69. The van der Waals surface area contributed by atoms with Gasteiger partial charge in [-0.2, -0.15) is 0 Å². The summed E-state index contributed by atoms with van der Waals surface area (Å²) in [5.41, 5.74) is 1.31. The molecule has 1 heterocycles. The van der Waals surface area contributed by atoms with Gasteiger partial charge in [0.1, 0.15) is 5.82 Å². The second-order valence-electron chi connectivity index (χ2n) is 3.49. The number of hydrogen-bond acceptors (Lipinski definition) is 3. The van der Waals surface area contributed by atoms with Crippen LogP contribution in [0.3, 0.4) is 0 Å². The number of hydrogen-bond donors (Lipinski definition) is 2. The molecular weight excluding hydrogens is 225 g/mol. The number of aromatic carboxylic acids is 1. The molecule has 0 amide bonds. The fraction of sp³-hybridized carbons (Fsp3) is 0.0833. The van der Waals surface area contributed by atoms with E-state index in [1.54, 1.807) is 12.1 Å². The summed E-state index contributed by atoms with van der Waals surface area (Å²) < 4.78 is 17.7. The highest BCUT2D eigenvalue weighted by molar-refractivity contribution is 5.84. The van der Waals surface area contributed by atoms with Crippen LogP contribution in [0.15, 0.2) is 41.0 Å². The van der Waals surface area contributed by atoms with Gasteiger partial charge < -0.3 is 14.8 Å². The molecule has 0 bridgehead atoms. The molecule has 17 heavy (non-hydrogen) atoms. The molecule has 0 spiro atoms. The molecule has 88 valence electrons. The standard InChI is InChI=1S/C12H10FNO3/c13-9-2-1-3-10(5-9)14-6-8-4-11(12(15)16)17-7-8/h1-5,7,14H,6H2,(H,15,16). The van der Waals surface area contributed by atoms with E-state index in [9.17, 15) is 9.18 Å². The summed E-state index contributed by atoms with van der Waals surface area (Å²) in [4.78, 5) is 10.6. The van der Waals surface area contributed by atoms with Crippen LogP contribution in [0.25, 0.3) is 0 Å². The van der Waals surface area contributed by atoms with E-state index >= 15 is 0 Å². The van der Waals surface area contributed by atoms with Crippen LogP contribution in [0.5, 0.6) is 0 Å². The molecule has 0 unspecified atom stereocenters. The monoisotopic (exact) mass is 235 g/mol. The Labute approximate surface area is 96.7 Å². The zero-order valence-electron chi connectivity index (χ0n) is 8.81. The van der Waals surface area contributed by atoms with Crippen LogP contribution in [-0.4, -0.2) is 11.1 Å². The first-order valence-electron chi connectivity index (χ1n) is 4.95. The molecule has 0 saturated heterocycles. The number of rotatable bonds is 4. The summed E-state index contributed by atoms with van der Waals surface area (Å²) in [6.07, 6.45) is 1.36. The quantitative estimate of drug-likeness (QED) is 0.855. The predicted octanol–water partition coefficient (Wildman–Crippen LogP) is 2.73. The van der Waals surface area contributed by atoms with Crippen molar-refractivity contribution in [1.29, 1.82) is 0 Å². The van der Waals surface area contributed by atoms with Gasteiger partial charge in [0.05, 0.1) is 6.26 Å². The summed E-state index contributed by atoms with van der Waals surface area (Å²) in [5.74, 6) is -1.54. The lowest BCUT2D eigenvalue weighted by atomic mass is 10.2. The minimum Gasteiger partial charge on any atom is -0.475 e. The fourth-order valence-electron chi connectivity index (χ4n) is 1.38. The highest BCUT2D eigenvalue weighted by Gasteiger charge is 2.08. The van der Waals surface area contributed by atoms with Crippen LogP contribution >= 0.6 is 0 Å². The van der Waals surface area contributed by atoms with Gasteiger partial charge in [-0.3, -0.25) is 0 Å². The van der Waals surface area contributed by atoms with Crippen molar-refractivity contribution in [1.82, 2.24) is 0 Å². The molecule has 1 aromatic heterocycles. The van der Waals surface area contributed by atoms with Crippen LogP contribution in [0.2, 0.25) is 0 Å². The Kier molecular flexibility index (Phi) is 3.09. The van der Waals surface area contributed by atoms with Crippen LogP contribution in [0.4, 0.5) is 10.1 Å². The van der Waals surface area contributed by atoms with Gasteiger partial charge in [-0.1, -0.05) is 6.07 Å². The SMILES string of the molecule is O=C(O)c1cc(CNc2cccc(F)c2)co1. The summed E-state index contributed by atoms with van der Waals surface area (Å²) in [7, 11) is 0. The van der Waals surface area contributed by atoms with Gasteiger partial charge in [-0.15, -0.1) is 0 Å². The first-order chi connectivity index (χ1) is 8.15. The molecule has 0 aliphatic carbocycles.